The molecule has 0 aliphatic carbocycles. The number of fused-ring (bicyclic) bond motifs is 1. The third-order valence-corrected chi connectivity index (χ3v) is 5.89. The lowest BCUT2D eigenvalue weighted by Gasteiger charge is -2.09. The summed E-state index contributed by atoms with van der Waals surface area (Å²) in [5.41, 5.74) is 2.85. The molecule has 174 valence electrons. The number of nitrogens with zero attached hydrogens (tertiary/aromatic N) is 4. The zero-order valence-electron chi connectivity index (χ0n) is 19.2. The van der Waals surface area contributed by atoms with E-state index in [1.165, 1.54) is 4.68 Å². The molecule has 1 aliphatic heterocycles. The van der Waals surface area contributed by atoms with E-state index in [-0.39, 0.29) is 11.2 Å². The van der Waals surface area contributed by atoms with Gasteiger partial charge in [0.05, 0.1) is 30.2 Å². The largest absolute Gasteiger partial charge is 0.490 e. The summed E-state index contributed by atoms with van der Waals surface area (Å²) in [4.78, 5) is 26.6. The first-order valence-electron chi connectivity index (χ1n) is 11.0. The number of anilines is 1. The average Bonchev–Trinajstić information content (AvgIpc) is 3.20. The van der Waals surface area contributed by atoms with Crippen LogP contribution in [0.25, 0.3) is 16.9 Å². The predicted molar refractivity (Wildman–Crippen MR) is 128 cm³/mol. The van der Waals surface area contributed by atoms with E-state index in [9.17, 15) is 9.59 Å². The number of carbonyl (C=O) groups is 1. The minimum absolute atomic E-state index is 0.227. The summed E-state index contributed by atoms with van der Waals surface area (Å²) in [5.74, 6) is 0.877. The van der Waals surface area contributed by atoms with Gasteiger partial charge >= 0.3 is 0 Å². The van der Waals surface area contributed by atoms with Crippen molar-refractivity contribution >= 4 is 11.6 Å². The SMILES string of the molecule is Cc1c(NC(=O)c2cn(C)nc2-c2ccc3c(c2)OCCCO3)c(=O)n(-c2ccccc2)n1C. The van der Waals surface area contributed by atoms with Crippen molar-refractivity contribution in [3.63, 3.8) is 0 Å². The molecule has 3 heterocycles. The fraction of sp³-hybridized carbons (Fsp3) is 0.240. The van der Waals surface area contributed by atoms with Gasteiger partial charge in [-0.05, 0) is 37.3 Å². The van der Waals surface area contributed by atoms with Gasteiger partial charge in [0.2, 0.25) is 0 Å². The second-order valence-electron chi connectivity index (χ2n) is 8.17. The highest BCUT2D eigenvalue weighted by Crippen LogP contribution is 2.35. The van der Waals surface area contributed by atoms with Crippen LogP contribution in [-0.4, -0.2) is 38.3 Å². The molecule has 1 N–H and O–H groups in total. The highest BCUT2D eigenvalue weighted by molar-refractivity contribution is 6.08. The monoisotopic (exact) mass is 459 g/mol. The summed E-state index contributed by atoms with van der Waals surface area (Å²) < 4.78 is 16.3. The summed E-state index contributed by atoms with van der Waals surface area (Å²) in [5, 5.41) is 7.32. The number of para-hydroxylation sites is 1. The minimum Gasteiger partial charge on any atom is -0.490 e. The Morgan fingerprint density at radius 1 is 1.03 bits per heavy atom. The molecular weight excluding hydrogens is 434 g/mol. The van der Waals surface area contributed by atoms with Gasteiger partial charge in [-0.1, -0.05) is 18.2 Å². The highest BCUT2D eigenvalue weighted by Gasteiger charge is 2.23. The highest BCUT2D eigenvalue weighted by atomic mass is 16.5. The van der Waals surface area contributed by atoms with Crippen LogP contribution in [0.3, 0.4) is 0 Å². The van der Waals surface area contributed by atoms with Gasteiger partial charge in [-0.15, -0.1) is 0 Å². The van der Waals surface area contributed by atoms with E-state index in [1.54, 1.807) is 36.6 Å². The molecule has 0 radical (unpaired) electrons. The Bertz CT molecular complexity index is 1430. The van der Waals surface area contributed by atoms with Crippen molar-refractivity contribution in [3.8, 4) is 28.4 Å². The van der Waals surface area contributed by atoms with Gasteiger partial charge in [0.25, 0.3) is 11.5 Å². The number of hydrogen-bond donors (Lipinski definition) is 1. The van der Waals surface area contributed by atoms with Gasteiger partial charge in [0.1, 0.15) is 11.4 Å². The number of amides is 1. The molecule has 0 saturated heterocycles. The first kappa shape index (κ1) is 21.6. The topological polar surface area (TPSA) is 92.3 Å². The molecular formula is C25H25N5O4. The normalized spacial score (nSPS) is 12.9. The van der Waals surface area contributed by atoms with Crippen molar-refractivity contribution in [2.75, 3.05) is 18.5 Å². The summed E-state index contributed by atoms with van der Waals surface area (Å²) in [6, 6.07) is 14.8. The minimum atomic E-state index is -0.416. The van der Waals surface area contributed by atoms with Gasteiger partial charge in [0, 0.05) is 32.3 Å². The average molecular weight is 460 g/mol. The number of ether oxygens (including phenoxy) is 2. The molecule has 0 unspecified atom stereocenters. The number of aryl methyl sites for hydroxylation is 1. The first-order valence-corrected chi connectivity index (χ1v) is 11.0. The molecule has 0 spiro atoms. The van der Waals surface area contributed by atoms with E-state index < -0.39 is 5.91 Å². The van der Waals surface area contributed by atoms with Crippen LogP contribution < -0.4 is 20.3 Å². The van der Waals surface area contributed by atoms with Crippen molar-refractivity contribution in [3.05, 3.63) is 76.3 Å². The Hall–Kier alpha value is -4.27. The maximum Gasteiger partial charge on any atom is 0.295 e. The molecule has 0 bridgehead atoms. The van der Waals surface area contributed by atoms with Crippen molar-refractivity contribution < 1.29 is 14.3 Å². The molecule has 5 rings (SSSR count). The van der Waals surface area contributed by atoms with Gasteiger partial charge < -0.3 is 14.8 Å². The van der Waals surface area contributed by atoms with Gasteiger partial charge in [-0.3, -0.25) is 19.0 Å². The lowest BCUT2D eigenvalue weighted by atomic mass is 10.1. The molecule has 0 fully saturated rings. The van der Waals surface area contributed by atoms with Gasteiger partial charge in [-0.25, -0.2) is 4.68 Å². The number of benzene rings is 2. The maximum absolute atomic E-state index is 13.3. The number of aromatic nitrogens is 4. The third kappa shape index (κ3) is 3.75. The third-order valence-electron chi connectivity index (χ3n) is 5.89. The Kier molecular flexibility index (Phi) is 5.45. The second kappa shape index (κ2) is 8.58. The first-order chi connectivity index (χ1) is 16.4. The van der Waals surface area contributed by atoms with Crippen LogP contribution in [0.4, 0.5) is 5.69 Å². The van der Waals surface area contributed by atoms with E-state index in [2.05, 4.69) is 10.4 Å². The molecule has 4 aromatic rings. The fourth-order valence-electron chi connectivity index (χ4n) is 4.07. The Balaban J connectivity index is 1.50. The quantitative estimate of drug-likeness (QED) is 0.506. The van der Waals surface area contributed by atoms with Crippen LogP contribution in [0, 0.1) is 6.92 Å². The summed E-state index contributed by atoms with van der Waals surface area (Å²) in [7, 11) is 3.53. The van der Waals surface area contributed by atoms with Crippen LogP contribution >= 0.6 is 0 Å². The molecule has 34 heavy (non-hydrogen) atoms. The maximum atomic E-state index is 13.3. The molecule has 1 aliphatic rings. The molecule has 9 nitrogen and oxygen atoms in total. The zero-order valence-corrected chi connectivity index (χ0v) is 19.2. The second-order valence-corrected chi connectivity index (χ2v) is 8.17. The van der Waals surface area contributed by atoms with Crippen LogP contribution in [0.1, 0.15) is 22.5 Å². The predicted octanol–water partition coefficient (Wildman–Crippen LogP) is 3.30. The van der Waals surface area contributed by atoms with E-state index in [1.807, 2.05) is 48.5 Å². The van der Waals surface area contributed by atoms with E-state index in [0.29, 0.717) is 47.4 Å². The van der Waals surface area contributed by atoms with E-state index in [0.717, 1.165) is 12.0 Å². The smallest absolute Gasteiger partial charge is 0.295 e. The Morgan fingerprint density at radius 2 is 1.76 bits per heavy atom. The standard InChI is InChI=1S/C25H25N5O4/c1-16-22(25(32)30(29(16)3)18-8-5-4-6-9-18)26-24(31)19-15-28(2)27-23(19)17-10-11-20-21(14-17)34-13-7-12-33-20/h4-6,8-11,14-15H,7,12-13H2,1-3H3,(H,26,31). The van der Waals surface area contributed by atoms with Crippen LogP contribution in [0.15, 0.2) is 59.5 Å². The molecule has 1 amide bonds. The van der Waals surface area contributed by atoms with Crippen LogP contribution in [0.5, 0.6) is 11.5 Å². The Morgan fingerprint density at radius 3 is 2.53 bits per heavy atom. The zero-order chi connectivity index (χ0) is 23.8. The molecule has 2 aromatic carbocycles. The number of hydrogen-bond acceptors (Lipinski definition) is 5. The summed E-state index contributed by atoms with van der Waals surface area (Å²) in [6.45, 7) is 2.96. The van der Waals surface area contributed by atoms with Gasteiger partial charge in [0.15, 0.2) is 11.5 Å². The van der Waals surface area contributed by atoms with Crippen molar-refractivity contribution in [2.24, 2.45) is 14.1 Å². The number of nitrogens with one attached hydrogen (secondary N) is 1. The van der Waals surface area contributed by atoms with Crippen LogP contribution in [0.2, 0.25) is 0 Å². The number of rotatable bonds is 4. The summed E-state index contributed by atoms with van der Waals surface area (Å²) >= 11 is 0. The molecule has 2 aromatic heterocycles. The lowest BCUT2D eigenvalue weighted by molar-refractivity contribution is 0.102. The van der Waals surface area contributed by atoms with E-state index in [4.69, 9.17) is 9.47 Å². The molecule has 0 saturated carbocycles. The molecule has 0 atom stereocenters. The summed E-state index contributed by atoms with van der Waals surface area (Å²) in [6.07, 6.45) is 2.44. The van der Waals surface area contributed by atoms with Gasteiger partial charge in [-0.2, -0.15) is 5.10 Å². The van der Waals surface area contributed by atoms with Crippen molar-refractivity contribution in [1.29, 1.82) is 0 Å². The molecule has 9 heteroatoms. The van der Waals surface area contributed by atoms with Crippen molar-refractivity contribution in [2.45, 2.75) is 13.3 Å². The van der Waals surface area contributed by atoms with Crippen LogP contribution in [-0.2, 0) is 14.1 Å². The fourth-order valence-corrected chi connectivity index (χ4v) is 4.07. The Labute approximate surface area is 196 Å². The lowest BCUT2D eigenvalue weighted by Crippen LogP contribution is -2.23. The van der Waals surface area contributed by atoms with Crippen molar-refractivity contribution in [1.82, 2.24) is 19.1 Å². The van der Waals surface area contributed by atoms with E-state index >= 15 is 0 Å². The number of carbonyl (C=O) groups excluding carboxylic acids is 1.